The van der Waals surface area contributed by atoms with E-state index in [0.29, 0.717) is 0 Å². The quantitative estimate of drug-likeness (QED) is 0.748. The standard InChI is InChI=1S/C13H20BN3O2/c1-11(2)12(3,4)19-14(18-11)10-8-15-17(16-10)13-5-9(6-13)7-13/h8-9H,5-7H2,1-4H3. The van der Waals surface area contributed by atoms with Crippen molar-refractivity contribution in [1.82, 2.24) is 15.0 Å². The molecule has 4 fully saturated rings. The summed E-state index contributed by atoms with van der Waals surface area (Å²) in [7, 11) is -0.397. The van der Waals surface area contributed by atoms with Crippen molar-refractivity contribution in [2.24, 2.45) is 5.92 Å². The lowest BCUT2D eigenvalue weighted by atomic mass is 9.50. The molecule has 4 aliphatic rings. The number of nitrogens with zero attached hydrogens (tertiary/aromatic N) is 3. The second-order valence-electron chi connectivity index (χ2n) is 7.35. The van der Waals surface area contributed by atoms with E-state index in [1.54, 1.807) is 6.20 Å². The molecule has 1 aromatic rings. The smallest absolute Gasteiger partial charge is 0.398 e. The molecule has 0 atom stereocenters. The number of rotatable bonds is 2. The van der Waals surface area contributed by atoms with Gasteiger partial charge in [0.05, 0.1) is 22.9 Å². The Bertz CT molecular complexity index is 507. The molecule has 0 spiro atoms. The number of aromatic nitrogens is 3. The highest BCUT2D eigenvalue weighted by Crippen LogP contribution is 2.61. The van der Waals surface area contributed by atoms with Gasteiger partial charge in [0.25, 0.3) is 0 Å². The zero-order chi connectivity index (χ0) is 13.5. The Labute approximate surface area is 113 Å². The highest BCUT2D eigenvalue weighted by Gasteiger charge is 2.60. The van der Waals surface area contributed by atoms with Gasteiger partial charge >= 0.3 is 7.12 Å². The Balaban J connectivity index is 1.57. The highest BCUT2D eigenvalue weighted by atomic mass is 16.7. The van der Waals surface area contributed by atoms with Gasteiger partial charge in [-0.1, -0.05) is 0 Å². The second-order valence-corrected chi connectivity index (χ2v) is 7.35. The molecule has 0 unspecified atom stereocenters. The van der Waals surface area contributed by atoms with Gasteiger partial charge in [-0.3, -0.25) is 0 Å². The largest absolute Gasteiger partial charge is 0.518 e. The number of hydrogen-bond acceptors (Lipinski definition) is 4. The summed E-state index contributed by atoms with van der Waals surface area (Å²) in [5.41, 5.74) is 0.380. The molecule has 0 aromatic carbocycles. The molecule has 1 aromatic heterocycles. The molecule has 1 aliphatic heterocycles. The highest BCUT2D eigenvalue weighted by molar-refractivity contribution is 6.61. The van der Waals surface area contributed by atoms with E-state index in [2.05, 4.69) is 37.9 Å². The SMILES string of the molecule is CC1(C)OB(c2cnn(C34CC(C3)C4)n2)OC1(C)C. The van der Waals surface area contributed by atoms with Crippen LogP contribution in [0.5, 0.6) is 0 Å². The van der Waals surface area contributed by atoms with E-state index in [-0.39, 0.29) is 16.7 Å². The minimum absolute atomic E-state index is 0.229. The first-order valence-corrected chi connectivity index (χ1v) is 7.10. The zero-order valence-electron chi connectivity index (χ0n) is 12.0. The minimum atomic E-state index is -0.397. The van der Waals surface area contributed by atoms with Crippen molar-refractivity contribution in [3.63, 3.8) is 0 Å². The van der Waals surface area contributed by atoms with Crippen LogP contribution in [0.1, 0.15) is 47.0 Å². The van der Waals surface area contributed by atoms with Gasteiger partial charge in [0.15, 0.2) is 0 Å². The lowest BCUT2D eigenvalue weighted by molar-refractivity contribution is -0.107. The van der Waals surface area contributed by atoms with Crippen LogP contribution in [0.3, 0.4) is 0 Å². The molecular formula is C13H20BN3O2. The first kappa shape index (κ1) is 11.9. The molecule has 2 bridgehead atoms. The molecule has 2 heterocycles. The van der Waals surface area contributed by atoms with E-state index in [4.69, 9.17) is 9.31 Å². The topological polar surface area (TPSA) is 49.2 Å². The van der Waals surface area contributed by atoms with Crippen LogP contribution in [0.4, 0.5) is 0 Å². The predicted octanol–water partition coefficient (Wildman–Crippen LogP) is 1.09. The van der Waals surface area contributed by atoms with Crippen LogP contribution in [0, 0.1) is 5.92 Å². The van der Waals surface area contributed by atoms with Gasteiger partial charge in [-0.15, -0.1) is 0 Å². The van der Waals surface area contributed by atoms with Gasteiger partial charge in [-0.25, -0.2) is 0 Å². The molecule has 1 saturated heterocycles. The first-order valence-electron chi connectivity index (χ1n) is 7.10. The predicted molar refractivity (Wildman–Crippen MR) is 71.1 cm³/mol. The average Bonchev–Trinajstić information content (AvgIpc) is 2.66. The maximum Gasteiger partial charge on any atom is 0.518 e. The summed E-state index contributed by atoms with van der Waals surface area (Å²) in [4.78, 5) is 1.90. The van der Waals surface area contributed by atoms with Crippen LogP contribution in [0.25, 0.3) is 0 Å². The Kier molecular flexibility index (Phi) is 2.03. The molecule has 5 rings (SSSR count). The molecule has 102 valence electrons. The Morgan fingerprint density at radius 1 is 1.16 bits per heavy atom. The zero-order valence-corrected chi connectivity index (χ0v) is 12.0. The van der Waals surface area contributed by atoms with Gasteiger partial charge in [-0.2, -0.15) is 15.0 Å². The third-order valence-electron chi connectivity index (χ3n) is 5.43. The van der Waals surface area contributed by atoms with Crippen molar-refractivity contribution in [3.05, 3.63) is 6.20 Å². The van der Waals surface area contributed by atoms with E-state index in [9.17, 15) is 0 Å². The molecule has 6 heteroatoms. The van der Waals surface area contributed by atoms with Gasteiger partial charge in [0, 0.05) is 0 Å². The van der Waals surface area contributed by atoms with Crippen LogP contribution < -0.4 is 5.59 Å². The average molecular weight is 261 g/mol. The molecule has 0 N–H and O–H groups in total. The van der Waals surface area contributed by atoms with E-state index >= 15 is 0 Å². The van der Waals surface area contributed by atoms with Crippen molar-refractivity contribution < 1.29 is 9.31 Å². The van der Waals surface area contributed by atoms with Crippen LogP contribution >= 0.6 is 0 Å². The van der Waals surface area contributed by atoms with Crippen LogP contribution in [0.2, 0.25) is 0 Å². The van der Waals surface area contributed by atoms with Crippen molar-refractivity contribution in [2.45, 2.75) is 63.7 Å². The van der Waals surface area contributed by atoms with Crippen molar-refractivity contribution in [2.75, 3.05) is 0 Å². The lowest BCUT2D eigenvalue weighted by Crippen LogP contribution is -2.60. The summed E-state index contributed by atoms with van der Waals surface area (Å²) in [6, 6.07) is 0. The molecule has 3 saturated carbocycles. The van der Waals surface area contributed by atoms with Crippen LogP contribution in [-0.4, -0.2) is 33.3 Å². The van der Waals surface area contributed by atoms with Gasteiger partial charge < -0.3 is 9.31 Å². The fraction of sp³-hybridized carbons (Fsp3) is 0.846. The van der Waals surface area contributed by atoms with Crippen LogP contribution in [-0.2, 0) is 14.8 Å². The molecule has 0 radical (unpaired) electrons. The van der Waals surface area contributed by atoms with Gasteiger partial charge in [0.2, 0.25) is 0 Å². The lowest BCUT2D eigenvalue weighted by Gasteiger charge is -2.60. The Hall–Kier alpha value is -0.875. The maximum absolute atomic E-state index is 6.00. The molecular weight excluding hydrogens is 241 g/mol. The molecule has 0 amide bonds. The van der Waals surface area contributed by atoms with E-state index in [1.807, 2.05) is 4.80 Å². The minimum Gasteiger partial charge on any atom is -0.398 e. The fourth-order valence-corrected chi connectivity index (χ4v) is 3.25. The normalized spacial score (nSPS) is 37.9. The molecule has 3 aliphatic carbocycles. The van der Waals surface area contributed by atoms with E-state index in [1.165, 1.54) is 19.3 Å². The Morgan fingerprint density at radius 2 is 1.74 bits per heavy atom. The summed E-state index contributed by atoms with van der Waals surface area (Å²) < 4.78 is 12.0. The van der Waals surface area contributed by atoms with E-state index in [0.717, 1.165) is 11.5 Å². The fourth-order valence-electron chi connectivity index (χ4n) is 3.25. The monoisotopic (exact) mass is 261 g/mol. The van der Waals surface area contributed by atoms with Gasteiger partial charge in [-0.05, 0) is 52.9 Å². The van der Waals surface area contributed by atoms with Crippen molar-refractivity contribution in [3.8, 4) is 0 Å². The molecule has 5 nitrogen and oxygen atoms in total. The second kappa shape index (κ2) is 3.23. The summed E-state index contributed by atoms with van der Waals surface area (Å²) in [6.07, 6.45) is 5.52. The number of hydrogen-bond donors (Lipinski definition) is 0. The third kappa shape index (κ3) is 1.44. The summed E-state index contributed by atoms with van der Waals surface area (Å²) in [6.45, 7) is 8.22. The molecule has 19 heavy (non-hydrogen) atoms. The van der Waals surface area contributed by atoms with Crippen molar-refractivity contribution >= 4 is 12.7 Å². The summed E-state index contributed by atoms with van der Waals surface area (Å²) in [5.74, 6) is 0.922. The third-order valence-corrected chi connectivity index (χ3v) is 5.43. The Morgan fingerprint density at radius 3 is 2.21 bits per heavy atom. The summed E-state index contributed by atoms with van der Waals surface area (Å²) >= 11 is 0. The maximum atomic E-state index is 6.00. The van der Waals surface area contributed by atoms with Crippen molar-refractivity contribution in [1.29, 1.82) is 0 Å². The summed E-state index contributed by atoms with van der Waals surface area (Å²) in [5, 5.41) is 9.04. The first-order chi connectivity index (χ1) is 8.81. The van der Waals surface area contributed by atoms with Crippen LogP contribution in [0.15, 0.2) is 6.20 Å². The van der Waals surface area contributed by atoms with E-state index < -0.39 is 7.12 Å². The van der Waals surface area contributed by atoms with Gasteiger partial charge in [0.1, 0.15) is 5.59 Å².